The second-order valence-electron chi connectivity index (χ2n) is 4.84. The van der Waals surface area contributed by atoms with Crippen LogP contribution in [0, 0.1) is 0 Å². The van der Waals surface area contributed by atoms with Crippen molar-refractivity contribution in [3.63, 3.8) is 0 Å². The summed E-state index contributed by atoms with van der Waals surface area (Å²) >= 11 is 0. The molecular weight excluding hydrogens is 250 g/mol. The summed E-state index contributed by atoms with van der Waals surface area (Å²) in [6.07, 6.45) is 5.07. The van der Waals surface area contributed by atoms with Crippen LogP contribution in [0.15, 0.2) is 36.7 Å². The van der Waals surface area contributed by atoms with Crippen molar-refractivity contribution in [3.8, 4) is 5.75 Å². The number of nitrogens with zero attached hydrogens (tertiary/aromatic N) is 2. The standard InChI is InChI=1S/C16H23N3O/c1-4-9-17-16(14-11-18-19(3)12-14)13-7-6-8-15(10-13)20-5-2/h6-8,10-12,16-17H,4-5,9H2,1-3H3. The van der Waals surface area contributed by atoms with E-state index >= 15 is 0 Å². The summed E-state index contributed by atoms with van der Waals surface area (Å²) in [4.78, 5) is 0. The van der Waals surface area contributed by atoms with Crippen molar-refractivity contribution in [2.24, 2.45) is 7.05 Å². The van der Waals surface area contributed by atoms with E-state index in [1.54, 1.807) is 0 Å². The first kappa shape index (κ1) is 14.6. The van der Waals surface area contributed by atoms with Crippen LogP contribution in [0.1, 0.15) is 37.4 Å². The van der Waals surface area contributed by atoms with Gasteiger partial charge in [0.15, 0.2) is 0 Å². The van der Waals surface area contributed by atoms with Crippen molar-refractivity contribution in [1.29, 1.82) is 0 Å². The molecule has 2 rings (SSSR count). The van der Waals surface area contributed by atoms with Crippen molar-refractivity contribution in [1.82, 2.24) is 15.1 Å². The highest BCUT2D eigenvalue weighted by Crippen LogP contribution is 2.25. The van der Waals surface area contributed by atoms with Gasteiger partial charge < -0.3 is 10.1 Å². The molecule has 108 valence electrons. The predicted octanol–water partition coefficient (Wildman–Crippen LogP) is 2.91. The Balaban J connectivity index is 2.28. The highest BCUT2D eigenvalue weighted by atomic mass is 16.5. The van der Waals surface area contributed by atoms with Crippen LogP contribution in [0.25, 0.3) is 0 Å². The van der Waals surface area contributed by atoms with Crippen molar-refractivity contribution in [2.45, 2.75) is 26.3 Å². The highest BCUT2D eigenvalue weighted by Gasteiger charge is 2.15. The van der Waals surface area contributed by atoms with Gasteiger partial charge in [0, 0.05) is 18.8 Å². The fourth-order valence-corrected chi connectivity index (χ4v) is 2.26. The number of nitrogens with one attached hydrogen (secondary N) is 1. The molecule has 2 aromatic rings. The summed E-state index contributed by atoms with van der Waals surface area (Å²) in [7, 11) is 1.94. The summed E-state index contributed by atoms with van der Waals surface area (Å²) in [5.41, 5.74) is 2.38. The van der Waals surface area contributed by atoms with Crippen LogP contribution < -0.4 is 10.1 Å². The maximum atomic E-state index is 5.59. The SMILES string of the molecule is CCCNC(c1cccc(OCC)c1)c1cnn(C)c1. The number of hydrogen-bond acceptors (Lipinski definition) is 3. The quantitative estimate of drug-likeness (QED) is 0.843. The summed E-state index contributed by atoms with van der Waals surface area (Å²) in [5, 5.41) is 7.85. The Hall–Kier alpha value is -1.81. The zero-order valence-electron chi connectivity index (χ0n) is 12.5. The largest absolute Gasteiger partial charge is 0.494 e. The molecule has 0 aliphatic rings. The average molecular weight is 273 g/mol. The first-order chi connectivity index (χ1) is 9.74. The van der Waals surface area contributed by atoms with Crippen molar-refractivity contribution in [3.05, 3.63) is 47.8 Å². The predicted molar refractivity (Wildman–Crippen MR) is 81.0 cm³/mol. The first-order valence-electron chi connectivity index (χ1n) is 7.19. The molecule has 1 unspecified atom stereocenters. The third-order valence-electron chi connectivity index (χ3n) is 3.16. The van der Waals surface area contributed by atoms with Gasteiger partial charge in [-0.25, -0.2) is 0 Å². The van der Waals surface area contributed by atoms with Crippen LogP contribution in [0.4, 0.5) is 0 Å². The van der Waals surface area contributed by atoms with Gasteiger partial charge in [-0.3, -0.25) is 4.68 Å². The Bertz CT molecular complexity index is 536. The second-order valence-corrected chi connectivity index (χ2v) is 4.84. The molecular formula is C16H23N3O. The third kappa shape index (κ3) is 3.61. The van der Waals surface area contributed by atoms with Gasteiger partial charge in [-0.2, -0.15) is 5.10 Å². The molecule has 0 amide bonds. The van der Waals surface area contributed by atoms with Crippen LogP contribution in [-0.4, -0.2) is 22.9 Å². The fraction of sp³-hybridized carbons (Fsp3) is 0.438. The van der Waals surface area contributed by atoms with E-state index in [9.17, 15) is 0 Å². The summed E-state index contributed by atoms with van der Waals surface area (Å²) in [6.45, 7) is 5.83. The lowest BCUT2D eigenvalue weighted by molar-refractivity contribution is 0.339. The van der Waals surface area contributed by atoms with Crippen LogP contribution in [0.5, 0.6) is 5.75 Å². The molecule has 4 heteroatoms. The lowest BCUT2D eigenvalue weighted by Crippen LogP contribution is -2.22. The molecule has 1 aromatic carbocycles. The minimum atomic E-state index is 0.157. The molecule has 0 radical (unpaired) electrons. The number of aryl methyl sites for hydroxylation is 1. The Morgan fingerprint density at radius 1 is 1.30 bits per heavy atom. The topological polar surface area (TPSA) is 39.1 Å². The van der Waals surface area contributed by atoms with E-state index in [1.807, 2.05) is 37.0 Å². The minimum absolute atomic E-state index is 0.157. The zero-order chi connectivity index (χ0) is 14.4. The van der Waals surface area contributed by atoms with Gasteiger partial charge in [0.25, 0.3) is 0 Å². The Kier molecular flexibility index (Phi) is 5.18. The molecule has 4 nitrogen and oxygen atoms in total. The Morgan fingerprint density at radius 2 is 2.15 bits per heavy atom. The van der Waals surface area contributed by atoms with Crippen LogP contribution in [0.3, 0.4) is 0 Å². The van der Waals surface area contributed by atoms with Crippen LogP contribution >= 0.6 is 0 Å². The van der Waals surface area contributed by atoms with Crippen molar-refractivity contribution in [2.75, 3.05) is 13.2 Å². The van der Waals surface area contributed by atoms with Gasteiger partial charge in [-0.15, -0.1) is 0 Å². The van der Waals surface area contributed by atoms with Gasteiger partial charge in [-0.1, -0.05) is 19.1 Å². The van der Waals surface area contributed by atoms with E-state index in [0.29, 0.717) is 6.61 Å². The molecule has 1 aromatic heterocycles. The molecule has 0 spiro atoms. The van der Waals surface area contributed by atoms with Crippen molar-refractivity contribution < 1.29 is 4.74 Å². The maximum absolute atomic E-state index is 5.59. The van der Waals surface area contributed by atoms with Gasteiger partial charge in [0.2, 0.25) is 0 Å². The number of benzene rings is 1. The highest BCUT2D eigenvalue weighted by molar-refractivity contribution is 5.35. The van der Waals surface area contributed by atoms with Crippen LogP contribution in [0.2, 0.25) is 0 Å². The molecule has 0 aliphatic carbocycles. The summed E-state index contributed by atoms with van der Waals surface area (Å²) in [6, 6.07) is 8.42. The fourth-order valence-electron chi connectivity index (χ4n) is 2.26. The number of aromatic nitrogens is 2. The third-order valence-corrected chi connectivity index (χ3v) is 3.16. The monoisotopic (exact) mass is 273 g/mol. The number of ether oxygens (including phenoxy) is 1. The summed E-state index contributed by atoms with van der Waals surface area (Å²) < 4.78 is 7.43. The van der Waals surface area contributed by atoms with Gasteiger partial charge >= 0.3 is 0 Å². The van der Waals surface area contributed by atoms with Gasteiger partial charge in [-0.05, 0) is 37.6 Å². The molecule has 20 heavy (non-hydrogen) atoms. The number of rotatable bonds is 7. The van der Waals surface area contributed by atoms with E-state index in [4.69, 9.17) is 4.74 Å². The van der Waals surface area contributed by atoms with E-state index in [-0.39, 0.29) is 6.04 Å². The maximum Gasteiger partial charge on any atom is 0.119 e. The Morgan fingerprint density at radius 3 is 2.80 bits per heavy atom. The molecule has 0 saturated carbocycles. The normalized spacial score (nSPS) is 12.3. The first-order valence-corrected chi connectivity index (χ1v) is 7.19. The van der Waals surface area contributed by atoms with Gasteiger partial charge in [0.05, 0.1) is 18.8 Å². The second kappa shape index (κ2) is 7.10. The van der Waals surface area contributed by atoms with Crippen LogP contribution in [-0.2, 0) is 7.05 Å². The molecule has 0 bridgehead atoms. The van der Waals surface area contributed by atoms with E-state index in [1.165, 1.54) is 11.1 Å². The van der Waals surface area contributed by atoms with E-state index in [2.05, 4.69) is 35.7 Å². The minimum Gasteiger partial charge on any atom is -0.494 e. The zero-order valence-corrected chi connectivity index (χ0v) is 12.5. The average Bonchev–Trinajstić information content (AvgIpc) is 2.87. The van der Waals surface area contributed by atoms with Crippen molar-refractivity contribution >= 4 is 0 Å². The molecule has 0 fully saturated rings. The summed E-state index contributed by atoms with van der Waals surface area (Å²) in [5.74, 6) is 0.914. The molecule has 0 aliphatic heterocycles. The molecule has 1 atom stereocenters. The van der Waals surface area contributed by atoms with Gasteiger partial charge in [0.1, 0.15) is 5.75 Å². The van der Waals surface area contributed by atoms with E-state index in [0.717, 1.165) is 18.7 Å². The molecule has 0 saturated heterocycles. The Labute approximate surface area is 120 Å². The molecule has 1 heterocycles. The lowest BCUT2D eigenvalue weighted by Gasteiger charge is -2.18. The molecule has 1 N–H and O–H groups in total. The number of hydrogen-bond donors (Lipinski definition) is 1. The van der Waals surface area contributed by atoms with E-state index < -0.39 is 0 Å². The lowest BCUT2D eigenvalue weighted by atomic mass is 10.0. The smallest absolute Gasteiger partial charge is 0.119 e.